The molecule has 0 heterocycles. The van der Waals surface area contributed by atoms with Crippen molar-refractivity contribution < 1.29 is 24.2 Å². The van der Waals surface area contributed by atoms with Gasteiger partial charge in [-0.15, -0.1) is 0 Å². The Hall–Kier alpha value is -2.65. The van der Waals surface area contributed by atoms with Gasteiger partial charge in [0.15, 0.2) is 0 Å². The lowest BCUT2D eigenvalue weighted by atomic mass is 9.67. The Morgan fingerprint density at radius 1 is 1.29 bits per heavy atom. The Bertz CT molecular complexity index is 749. The first-order valence-corrected chi connectivity index (χ1v) is 7.18. The van der Waals surface area contributed by atoms with Crippen LogP contribution in [0.5, 0.6) is 0 Å². The number of aliphatic carboxylic acids is 2. The summed E-state index contributed by atoms with van der Waals surface area (Å²) >= 11 is 5.93. The van der Waals surface area contributed by atoms with E-state index >= 15 is 0 Å². The molecule has 0 bridgehead atoms. The number of nitriles is 1. The predicted molar refractivity (Wildman–Crippen MR) is 85.8 cm³/mol. The van der Waals surface area contributed by atoms with Crippen molar-refractivity contribution in [2.75, 3.05) is 0 Å². The monoisotopic (exact) mass is 351 g/mol. The number of benzene rings is 1. The van der Waals surface area contributed by atoms with E-state index < -0.39 is 29.1 Å². The van der Waals surface area contributed by atoms with E-state index in [-0.39, 0.29) is 10.6 Å². The zero-order valence-corrected chi connectivity index (χ0v) is 13.7. The fourth-order valence-corrected chi connectivity index (χ4v) is 2.71. The molecule has 7 heteroatoms. The van der Waals surface area contributed by atoms with E-state index in [0.717, 1.165) is 12.1 Å². The fraction of sp³-hybridized carbons (Fsp3) is 0.235. The third-order valence-electron chi connectivity index (χ3n) is 3.62. The molecule has 1 aromatic rings. The molecule has 126 valence electrons. The molecular formula is C17H15ClFNO4. The molecule has 0 radical (unpaired) electrons. The van der Waals surface area contributed by atoms with Crippen molar-refractivity contribution in [2.45, 2.75) is 19.8 Å². The maximum Gasteiger partial charge on any atom is 0.333 e. The quantitative estimate of drug-likeness (QED) is 0.865. The minimum absolute atomic E-state index is 0.0319. The third kappa shape index (κ3) is 3.81. The van der Waals surface area contributed by atoms with Crippen LogP contribution in [0.4, 0.5) is 4.39 Å². The first-order chi connectivity index (χ1) is 11.2. The molecular weight excluding hydrogens is 337 g/mol. The Morgan fingerprint density at radius 3 is 2.21 bits per heavy atom. The van der Waals surface area contributed by atoms with Crippen molar-refractivity contribution >= 4 is 23.5 Å². The predicted octanol–water partition coefficient (Wildman–Crippen LogP) is 3.68. The van der Waals surface area contributed by atoms with Gasteiger partial charge in [-0.25, -0.2) is 9.18 Å². The summed E-state index contributed by atoms with van der Waals surface area (Å²) in [6.45, 7) is 2.84. The lowest BCUT2D eigenvalue weighted by Gasteiger charge is -2.35. The molecule has 2 N–H and O–H groups in total. The number of carbonyl (C=O) groups is 2. The maximum absolute atomic E-state index is 13.1. The summed E-state index contributed by atoms with van der Waals surface area (Å²) in [7, 11) is 0. The molecule has 1 aliphatic carbocycles. The van der Waals surface area contributed by atoms with Crippen LogP contribution in [0.1, 0.15) is 25.3 Å². The summed E-state index contributed by atoms with van der Waals surface area (Å²) in [5.41, 5.74) is -1.32. The van der Waals surface area contributed by atoms with E-state index in [1.54, 1.807) is 6.07 Å². The number of nitrogens with zero attached hydrogens (tertiary/aromatic N) is 1. The molecule has 0 saturated heterocycles. The van der Waals surface area contributed by atoms with Gasteiger partial charge in [0.2, 0.25) is 0 Å². The van der Waals surface area contributed by atoms with E-state index in [1.807, 2.05) is 0 Å². The van der Waals surface area contributed by atoms with Crippen LogP contribution in [-0.4, -0.2) is 22.2 Å². The third-order valence-corrected chi connectivity index (χ3v) is 3.95. The first-order valence-electron chi connectivity index (χ1n) is 6.81. The average molecular weight is 352 g/mol. The molecule has 1 aromatic carbocycles. The minimum atomic E-state index is -1.48. The van der Waals surface area contributed by atoms with Gasteiger partial charge < -0.3 is 10.2 Å². The van der Waals surface area contributed by atoms with Gasteiger partial charge in [-0.2, -0.15) is 5.26 Å². The summed E-state index contributed by atoms with van der Waals surface area (Å²) in [5.74, 6) is -3.98. The molecule has 2 rings (SSSR count). The average Bonchev–Trinajstić information content (AvgIpc) is 2.50. The summed E-state index contributed by atoms with van der Waals surface area (Å²) in [6, 6.07) is 6.80. The van der Waals surface area contributed by atoms with Crippen LogP contribution in [0, 0.1) is 22.6 Å². The second-order valence-corrected chi connectivity index (χ2v) is 5.60. The lowest BCUT2D eigenvalue weighted by Crippen LogP contribution is -2.37. The minimum Gasteiger partial charge on any atom is -0.481 e. The molecule has 24 heavy (non-hydrogen) atoms. The molecule has 0 spiro atoms. The Kier molecular flexibility index (Phi) is 6.27. The van der Waals surface area contributed by atoms with Crippen LogP contribution < -0.4 is 0 Å². The highest BCUT2D eigenvalue weighted by Gasteiger charge is 2.47. The van der Waals surface area contributed by atoms with E-state index in [9.17, 15) is 24.2 Å². The van der Waals surface area contributed by atoms with Gasteiger partial charge in [-0.1, -0.05) is 29.8 Å². The number of carboxylic acid groups (broad SMARTS) is 2. The standard InChI is InChI=1S/C15H12ClFO4.C2H3N/c1-15(14(20)21)7-6-10(16)11(13(18)19)12(15)8-2-4-9(17)5-3-8;1-2-3/h2-7,12H,1H3,(H,18,19)(H,20,21);1H3. The maximum atomic E-state index is 13.1. The summed E-state index contributed by atoms with van der Waals surface area (Å²) in [5, 5.41) is 26.1. The Balaban J connectivity index is 0.000000891. The fourth-order valence-electron chi connectivity index (χ4n) is 2.46. The lowest BCUT2D eigenvalue weighted by molar-refractivity contribution is -0.146. The number of halogens is 2. The largest absolute Gasteiger partial charge is 0.481 e. The summed E-state index contributed by atoms with van der Waals surface area (Å²) < 4.78 is 13.1. The molecule has 0 amide bonds. The van der Waals surface area contributed by atoms with Crippen molar-refractivity contribution in [1.82, 2.24) is 0 Å². The van der Waals surface area contributed by atoms with Crippen LogP contribution in [-0.2, 0) is 9.59 Å². The van der Waals surface area contributed by atoms with Gasteiger partial charge in [0.1, 0.15) is 5.82 Å². The van der Waals surface area contributed by atoms with E-state index in [0.29, 0.717) is 5.56 Å². The number of rotatable bonds is 3. The molecule has 0 aliphatic heterocycles. The summed E-state index contributed by atoms with van der Waals surface area (Å²) in [6.07, 6.45) is 2.64. The van der Waals surface area contributed by atoms with Gasteiger partial charge in [0.05, 0.1) is 22.1 Å². The van der Waals surface area contributed by atoms with E-state index in [1.165, 1.54) is 38.1 Å². The molecule has 2 unspecified atom stereocenters. The van der Waals surface area contributed by atoms with Gasteiger partial charge in [0.25, 0.3) is 0 Å². The Morgan fingerprint density at radius 2 is 1.79 bits per heavy atom. The van der Waals surface area contributed by atoms with Crippen LogP contribution in [0.3, 0.4) is 0 Å². The second-order valence-electron chi connectivity index (χ2n) is 5.20. The zero-order chi connectivity index (χ0) is 18.5. The van der Waals surface area contributed by atoms with Gasteiger partial charge in [-0.3, -0.25) is 4.79 Å². The zero-order valence-electron chi connectivity index (χ0n) is 13.0. The van der Waals surface area contributed by atoms with Crippen LogP contribution >= 0.6 is 11.6 Å². The van der Waals surface area contributed by atoms with Crippen LogP contribution in [0.15, 0.2) is 47.0 Å². The molecule has 0 aromatic heterocycles. The van der Waals surface area contributed by atoms with Crippen molar-refractivity contribution in [3.05, 3.63) is 58.4 Å². The molecule has 0 fully saturated rings. The molecule has 1 aliphatic rings. The first kappa shape index (κ1) is 19.4. The Labute approximate surface area is 143 Å². The van der Waals surface area contributed by atoms with E-state index in [4.69, 9.17) is 16.9 Å². The van der Waals surface area contributed by atoms with Gasteiger partial charge >= 0.3 is 11.9 Å². The molecule has 2 atom stereocenters. The highest BCUT2D eigenvalue weighted by molar-refractivity contribution is 6.33. The van der Waals surface area contributed by atoms with Crippen molar-refractivity contribution in [3.63, 3.8) is 0 Å². The summed E-state index contributed by atoms with van der Waals surface area (Å²) in [4.78, 5) is 23.1. The molecule has 0 saturated carbocycles. The van der Waals surface area contributed by atoms with Gasteiger partial charge in [0, 0.05) is 12.8 Å². The number of allylic oxidation sites excluding steroid dienone is 2. The SMILES string of the molecule is CC#N.CC1(C(=O)O)C=CC(Cl)=C(C(=O)O)C1c1ccc(F)cc1. The highest BCUT2D eigenvalue weighted by Crippen LogP contribution is 2.47. The van der Waals surface area contributed by atoms with Crippen LogP contribution in [0.2, 0.25) is 0 Å². The normalized spacial score (nSPS) is 22.2. The van der Waals surface area contributed by atoms with Gasteiger partial charge in [-0.05, 0) is 30.7 Å². The number of hydrogen-bond acceptors (Lipinski definition) is 3. The molecule has 5 nitrogen and oxygen atoms in total. The number of hydrogen-bond donors (Lipinski definition) is 2. The second kappa shape index (κ2) is 7.75. The van der Waals surface area contributed by atoms with Crippen molar-refractivity contribution in [3.8, 4) is 6.07 Å². The van der Waals surface area contributed by atoms with Crippen molar-refractivity contribution in [1.29, 1.82) is 5.26 Å². The highest BCUT2D eigenvalue weighted by atomic mass is 35.5. The smallest absolute Gasteiger partial charge is 0.333 e. The number of carboxylic acids is 2. The topological polar surface area (TPSA) is 98.4 Å². The van der Waals surface area contributed by atoms with Crippen LogP contribution in [0.25, 0.3) is 0 Å². The van der Waals surface area contributed by atoms with Crippen molar-refractivity contribution in [2.24, 2.45) is 5.41 Å². The van der Waals surface area contributed by atoms with E-state index in [2.05, 4.69) is 0 Å².